The van der Waals surface area contributed by atoms with Crippen LogP contribution in [0, 0.1) is 30.4 Å². The van der Waals surface area contributed by atoms with Crippen LogP contribution in [0.25, 0.3) is 0 Å². The Bertz CT molecular complexity index is 456. The van der Waals surface area contributed by atoms with E-state index in [4.69, 9.17) is 0 Å². The number of rotatable bonds is 3. The lowest BCUT2D eigenvalue weighted by molar-refractivity contribution is -0.223. The predicted octanol–water partition coefficient (Wildman–Crippen LogP) is 5.07. The van der Waals surface area contributed by atoms with Gasteiger partial charge in [0.05, 0.1) is 5.92 Å². The number of hydrogen-bond donors (Lipinski definition) is 0. The summed E-state index contributed by atoms with van der Waals surface area (Å²) in [5, 5.41) is 0. The highest BCUT2D eigenvalue weighted by Crippen LogP contribution is 2.40. The second-order valence-corrected chi connectivity index (χ2v) is 5.63. The first-order chi connectivity index (χ1) is 9.29. The molecule has 0 radical (unpaired) electrons. The zero-order chi connectivity index (χ0) is 14.9. The van der Waals surface area contributed by atoms with E-state index in [2.05, 4.69) is 4.74 Å². The minimum atomic E-state index is -3.39. The standard InChI is InChI=1S/C15H18F4O/c1-9-3-5-11(6-4-9)15(18,19)20-12-7-13(16)10(2)14(17)8-12/h7-9,11H,3-6H2,1-2H3. The number of alkyl halides is 2. The van der Waals surface area contributed by atoms with Gasteiger partial charge in [0, 0.05) is 17.7 Å². The Morgan fingerprint density at radius 1 is 1.05 bits per heavy atom. The SMILES string of the molecule is Cc1c(F)cc(OC(F)(F)C2CCC(C)CC2)cc1F. The van der Waals surface area contributed by atoms with Crippen molar-refractivity contribution in [3.63, 3.8) is 0 Å². The fourth-order valence-electron chi connectivity index (χ4n) is 2.52. The molecule has 0 N–H and O–H groups in total. The molecule has 0 bridgehead atoms. The van der Waals surface area contributed by atoms with Crippen molar-refractivity contribution >= 4 is 0 Å². The summed E-state index contributed by atoms with van der Waals surface area (Å²) < 4.78 is 59.3. The summed E-state index contributed by atoms with van der Waals surface area (Å²) in [6.07, 6.45) is -1.22. The zero-order valence-corrected chi connectivity index (χ0v) is 11.6. The van der Waals surface area contributed by atoms with E-state index >= 15 is 0 Å². The maximum Gasteiger partial charge on any atom is 0.400 e. The molecule has 20 heavy (non-hydrogen) atoms. The zero-order valence-electron chi connectivity index (χ0n) is 11.6. The first-order valence-corrected chi connectivity index (χ1v) is 6.82. The Kier molecular flexibility index (Phi) is 4.25. The Labute approximate surface area is 115 Å². The van der Waals surface area contributed by atoms with Crippen molar-refractivity contribution in [2.24, 2.45) is 11.8 Å². The summed E-state index contributed by atoms with van der Waals surface area (Å²) in [5.41, 5.74) is -0.202. The highest BCUT2D eigenvalue weighted by atomic mass is 19.3. The average Bonchev–Trinajstić information content (AvgIpc) is 2.36. The van der Waals surface area contributed by atoms with Gasteiger partial charge in [0.15, 0.2) is 0 Å². The molecule has 5 heteroatoms. The van der Waals surface area contributed by atoms with Gasteiger partial charge in [-0.1, -0.05) is 19.8 Å². The molecule has 0 spiro atoms. The van der Waals surface area contributed by atoms with Crippen molar-refractivity contribution in [3.05, 3.63) is 29.3 Å². The van der Waals surface area contributed by atoms with Gasteiger partial charge in [-0.05, 0) is 25.7 Å². The van der Waals surface area contributed by atoms with Crippen LogP contribution < -0.4 is 4.74 Å². The number of hydrogen-bond acceptors (Lipinski definition) is 1. The van der Waals surface area contributed by atoms with Crippen LogP contribution in [0.1, 0.15) is 38.2 Å². The molecule has 0 atom stereocenters. The molecule has 1 nitrogen and oxygen atoms in total. The van der Waals surface area contributed by atoms with E-state index in [1.165, 1.54) is 6.92 Å². The Morgan fingerprint density at radius 2 is 1.55 bits per heavy atom. The largest absolute Gasteiger partial charge is 0.432 e. The van der Waals surface area contributed by atoms with E-state index in [-0.39, 0.29) is 5.56 Å². The highest BCUT2D eigenvalue weighted by molar-refractivity contribution is 5.30. The molecule has 0 aromatic heterocycles. The van der Waals surface area contributed by atoms with Gasteiger partial charge in [-0.25, -0.2) is 8.78 Å². The first kappa shape index (κ1) is 15.1. The monoisotopic (exact) mass is 290 g/mol. The third kappa shape index (κ3) is 3.25. The molecule has 0 saturated heterocycles. The summed E-state index contributed by atoms with van der Waals surface area (Å²) in [7, 11) is 0. The van der Waals surface area contributed by atoms with E-state index in [1.807, 2.05) is 6.92 Å². The van der Waals surface area contributed by atoms with Crippen LogP contribution in [-0.2, 0) is 0 Å². The number of halogens is 4. The molecule has 0 heterocycles. The maximum absolute atomic E-state index is 14.0. The fraction of sp³-hybridized carbons (Fsp3) is 0.600. The van der Waals surface area contributed by atoms with Crippen LogP contribution in [0.15, 0.2) is 12.1 Å². The summed E-state index contributed by atoms with van der Waals surface area (Å²) >= 11 is 0. The van der Waals surface area contributed by atoms with Gasteiger partial charge in [-0.2, -0.15) is 8.78 Å². The van der Waals surface area contributed by atoms with Gasteiger partial charge < -0.3 is 4.74 Å². The van der Waals surface area contributed by atoms with Crippen LogP contribution in [-0.4, -0.2) is 6.11 Å². The van der Waals surface area contributed by atoms with Gasteiger partial charge >= 0.3 is 6.11 Å². The minimum Gasteiger partial charge on any atom is -0.432 e. The second kappa shape index (κ2) is 5.62. The van der Waals surface area contributed by atoms with Crippen molar-refractivity contribution in [2.45, 2.75) is 45.6 Å². The normalized spacial score (nSPS) is 23.7. The van der Waals surface area contributed by atoms with Gasteiger partial charge in [-0.15, -0.1) is 0 Å². The Balaban J connectivity index is 2.11. The second-order valence-electron chi connectivity index (χ2n) is 5.63. The number of ether oxygens (including phenoxy) is 1. The van der Waals surface area contributed by atoms with E-state index in [0.29, 0.717) is 18.8 Å². The average molecular weight is 290 g/mol. The van der Waals surface area contributed by atoms with Crippen LogP contribution in [0.5, 0.6) is 5.75 Å². The quantitative estimate of drug-likeness (QED) is 0.706. The van der Waals surface area contributed by atoms with Crippen LogP contribution in [0.2, 0.25) is 0 Å². The van der Waals surface area contributed by atoms with Crippen molar-refractivity contribution in [1.82, 2.24) is 0 Å². The van der Waals surface area contributed by atoms with Crippen LogP contribution in [0.3, 0.4) is 0 Å². The highest BCUT2D eigenvalue weighted by Gasteiger charge is 2.43. The molecule has 1 aromatic rings. The van der Waals surface area contributed by atoms with Crippen molar-refractivity contribution in [2.75, 3.05) is 0 Å². The van der Waals surface area contributed by atoms with E-state index in [9.17, 15) is 17.6 Å². The van der Waals surface area contributed by atoms with E-state index < -0.39 is 29.4 Å². The lowest BCUT2D eigenvalue weighted by Gasteiger charge is -2.32. The lowest BCUT2D eigenvalue weighted by Crippen LogP contribution is -2.37. The number of benzene rings is 1. The van der Waals surface area contributed by atoms with E-state index in [1.54, 1.807) is 0 Å². The smallest absolute Gasteiger partial charge is 0.400 e. The van der Waals surface area contributed by atoms with Crippen LogP contribution in [0.4, 0.5) is 17.6 Å². The van der Waals surface area contributed by atoms with Gasteiger partial charge in [-0.3, -0.25) is 0 Å². The summed E-state index contributed by atoms with van der Waals surface area (Å²) in [6.45, 7) is 3.27. The van der Waals surface area contributed by atoms with Crippen molar-refractivity contribution in [1.29, 1.82) is 0 Å². The Hall–Kier alpha value is -1.26. The first-order valence-electron chi connectivity index (χ1n) is 6.82. The minimum absolute atomic E-state index is 0.202. The van der Waals surface area contributed by atoms with Crippen molar-refractivity contribution in [3.8, 4) is 5.75 Å². The summed E-state index contributed by atoms with van der Waals surface area (Å²) in [4.78, 5) is 0. The van der Waals surface area contributed by atoms with Gasteiger partial charge in [0.2, 0.25) is 0 Å². The molecule has 0 unspecified atom stereocenters. The van der Waals surface area contributed by atoms with Crippen molar-refractivity contribution < 1.29 is 22.3 Å². The Morgan fingerprint density at radius 3 is 2.05 bits per heavy atom. The molecule has 1 aromatic carbocycles. The summed E-state index contributed by atoms with van der Waals surface area (Å²) in [5.74, 6) is -2.68. The molecule has 0 amide bonds. The van der Waals surface area contributed by atoms with Gasteiger partial charge in [0.1, 0.15) is 17.4 Å². The van der Waals surface area contributed by atoms with E-state index in [0.717, 1.165) is 25.0 Å². The molecular formula is C15H18F4O. The fourth-order valence-corrected chi connectivity index (χ4v) is 2.52. The predicted molar refractivity (Wildman–Crippen MR) is 67.8 cm³/mol. The van der Waals surface area contributed by atoms with Crippen LogP contribution >= 0.6 is 0 Å². The third-order valence-corrected chi connectivity index (χ3v) is 4.00. The summed E-state index contributed by atoms with van der Waals surface area (Å²) in [6, 6.07) is 1.61. The maximum atomic E-state index is 14.0. The molecule has 1 saturated carbocycles. The molecular weight excluding hydrogens is 272 g/mol. The molecule has 2 rings (SSSR count). The molecule has 1 aliphatic rings. The molecule has 1 aliphatic carbocycles. The molecule has 112 valence electrons. The van der Waals surface area contributed by atoms with Gasteiger partial charge in [0.25, 0.3) is 0 Å². The molecule has 1 fully saturated rings. The topological polar surface area (TPSA) is 9.23 Å². The lowest BCUT2D eigenvalue weighted by atomic mass is 9.82. The third-order valence-electron chi connectivity index (χ3n) is 4.00. The molecule has 0 aliphatic heterocycles.